The Balaban J connectivity index is 1.41. The minimum absolute atomic E-state index is 0.0939. The van der Waals surface area contributed by atoms with E-state index in [9.17, 15) is 4.79 Å². The first-order valence-corrected chi connectivity index (χ1v) is 10.9. The van der Waals surface area contributed by atoms with E-state index in [0.29, 0.717) is 19.8 Å². The molecule has 2 fully saturated rings. The molecule has 2 aliphatic heterocycles. The Hall–Kier alpha value is -1.91. The summed E-state index contributed by atoms with van der Waals surface area (Å²) in [5.74, 6) is 6.70. The van der Waals surface area contributed by atoms with Gasteiger partial charge in [-0.25, -0.2) is 0 Å². The van der Waals surface area contributed by atoms with Gasteiger partial charge in [0, 0.05) is 53.4 Å². The summed E-state index contributed by atoms with van der Waals surface area (Å²) in [6.07, 6.45) is 0. The number of aryl methyl sites for hydroxylation is 2. The molecule has 6 nitrogen and oxygen atoms in total. The summed E-state index contributed by atoms with van der Waals surface area (Å²) in [7, 11) is 3.58. The van der Waals surface area contributed by atoms with Crippen molar-refractivity contribution in [3.8, 4) is 11.8 Å². The summed E-state index contributed by atoms with van der Waals surface area (Å²) in [5.41, 5.74) is 4.13. The molecule has 0 unspecified atom stereocenters. The molecule has 2 heterocycles. The number of rotatable bonds is 5. The van der Waals surface area contributed by atoms with E-state index in [0.717, 1.165) is 45.8 Å². The highest BCUT2D eigenvalue weighted by Gasteiger charge is 2.29. The monoisotopic (exact) mass is 412 g/mol. The van der Waals surface area contributed by atoms with E-state index < -0.39 is 0 Å². The van der Waals surface area contributed by atoms with Crippen molar-refractivity contribution in [3.05, 3.63) is 34.9 Å². The van der Waals surface area contributed by atoms with E-state index >= 15 is 0 Å². The van der Waals surface area contributed by atoms with Gasteiger partial charge in [-0.15, -0.1) is 0 Å². The van der Waals surface area contributed by atoms with Crippen LogP contribution in [0.2, 0.25) is 0 Å². The molecule has 164 valence electrons. The zero-order chi connectivity index (χ0) is 21.5. The standard InChI is InChI=1S/C24H36N4O2/c1-20-7-8-22(17-21(20)2)18-27-13-11-26(12-14-27)9-5-6-10-28-15-16-30-19-23(28)24(29)25(3)4/h7-8,17,23H,9-16,18-19H2,1-4H3/t23-/m0/s1. The first-order valence-electron chi connectivity index (χ1n) is 10.9. The summed E-state index contributed by atoms with van der Waals surface area (Å²) in [5, 5.41) is 0. The van der Waals surface area contributed by atoms with Crippen LogP contribution in [0.1, 0.15) is 16.7 Å². The number of hydrogen-bond acceptors (Lipinski definition) is 5. The normalized spacial score (nSPS) is 21.1. The van der Waals surface area contributed by atoms with Crippen LogP contribution < -0.4 is 0 Å². The van der Waals surface area contributed by atoms with Crippen molar-refractivity contribution >= 4 is 5.91 Å². The Morgan fingerprint density at radius 3 is 2.43 bits per heavy atom. The van der Waals surface area contributed by atoms with Gasteiger partial charge in [0.25, 0.3) is 0 Å². The first-order chi connectivity index (χ1) is 14.4. The molecule has 3 rings (SSSR count). The van der Waals surface area contributed by atoms with E-state index in [1.54, 1.807) is 19.0 Å². The number of carbonyl (C=O) groups is 1. The van der Waals surface area contributed by atoms with Crippen LogP contribution in [-0.2, 0) is 16.1 Å². The molecule has 1 aromatic rings. The van der Waals surface area contributed by atoms with Gasteiger partial charge in [0.15, 0.2) is 0 Å². The number of morpholine rings is 1. The topological polar surface area (TPSA) is 39.3 Å². The van der Waals surface area contributed by atoms with Crippen LogP contribution in [0.15, 0.2) is 18.2 Å². The largest absolute Gasteiger partial charge is 0.378 e. The van der Waals surface area contributed by atoms with Crippen LogP contribution in [-0.4, -0.2) is 105 Å². The third-order valence-corrected chi connectivity index (χ3v) is 6.12. The second-order valence-corrected chi connectivity index (χ2v) is 8.62. The van der Waals surface area contributed by atoms with Crippen LogP contribution in [0.25, 0.3) is 0 Å². The maximum atomic E-state index is 12.3. The smallest absolute Gasteiger partial charge is 0.241 e. The van der Waals surface area contributed by atoms with E-state index in [2.05, 4.69) is 58.6 Å². The fourth-order valence-corrected chi connectivity index (χ4v) is 3.94. The van der Waals surface area contributed by atoms with Gasteiger partial charge in [-0.3, -0.25) is 19.5 Å². The van der Waals surface area contributed by atoms with E-state index in [1.165, 1.54) is 16.7 Å². The zero-order valence-electron chi connectivity index (χ0n) is 19.0. The second-order valence-electron chi connectivity index (χ2n) is 8.62. The predicted molar refractivity (Wildman–Crippen MR) is 120 cm³/mol. The van der Waals surface area contributed by atoms with Crippen molar-refractivity contribution in [3.63, 3.8) is 0 Å². The van der Waals surface area contributed by atoms with Gasteiger partial charge in [0.05, 0.1) is 26.3 Å². The Labute approximate surface area is 181 Å². The Morgan fingerprint density at radius 2 is 1.73 bits per heavy atom. The van der Waals surface area contributed by atoms with E-state index in [4.69, 9.17) is 4.74 Å². The lowest BCUT2D eigenvalue weighted by Crippen LogP contribution is -2.53. The number of amides is 1. The van der Waals surface area contributed by atoms with Gasteiger partial charge in [-0.1, -0.05) is 30.0 Å². The third-order valence-electron chi connectivity index (χ3n) is 6.12. The van der Waals surface area contributed by atoms with Gasteiger partial charge in [0.2, 0.25) is 5.91 Å². The van der Waals surface area contributed by atoms with Crippen molar-refractivity contribution in [2.24, 2.45) is 0 Å². The average Bonchev–Trinajstić information content (AvgIpc) is 2.74. The Bertz CT molecular complexity index is 775. The van der Waals surface area contributed by atoms with Crippen LogP contribution in [0.4, 0.5) is 0 Å². The maximum Gasteiger partial charge on any atom is 0.241 e. The van der Waals surface area contributed by atoms with Crippen molar-refractivity contribution in [1.82, 2.24) is 19.6 Å². The van der Waals surface area contributed by atoms with Crippen molar-refractivity contribution in [2.45, 2.75) is 26.4 Å². The molecule has 0 bridgehead atoms. The SMILES string of the molecule is Cc1ccc(CN2CCN(CC#CCN3CCOC[C@H]3C(=O)N(C)C)CC2)cc1C. The third kappa shape index (κ3) is 6.29. The van der Waals surface area contributed by atoms with Gasteiger partial charge in [-0.05, 0) is 30.5 Å². The molecule has 30 heavy (non-hydrogen) atoms. The second kappa shape index (κ2) is 10.9. The van der Waals surface area contributed by atoms with Crippen LogP contribution in [0.3, 0.4) is 0 Å². The number of carbonyl (C=O) groups excluding carboxylic acids is 1. The van der Waals surface area contributed by atoms with E-state index in [1.807, 2.05) is 0 Å². The molecule has 2 aliphatic rings. The van der Waals surface area contributed by atoms with Gasteiger partial charge in [-0.2, -0.15) is 0 Å². The molecule has 2 saturated heterocycles. The molecule has 6 heteroatoms. The van der Waals surface area contributed by atoms with Crippen LogP contribution >= 0.6 is 0 Å². The van der Waals surface area contributed by atoms with Crippen LogP contribution in [0, 0.1) is 25.7 Å². The van der Waals surface area contributed by atoms with Crippen molar-refractivity contribution in [1.29, 1.82) is 0 Å². The quantitative estimate of drug-likeness (QED) is 0.680. The number of piperazine rings is 1. The van der Waals surface area contributed by atoms with Crippen molar-refractivity contribution < 1.29 is 9.53 Å². The molecule has 0 saturated carbocycles. The number of ether oxygens (including phenoxy) is 1. The molecular weight excluding hydrogens is 376 g/mol. The molecule has 0 aromatic heterocycles. The van der Waals surface area contributed by atoms with Crippen molar-refractivity contribution in [2.75, 3.05) is 73.1 Å². The summed E-state index contributed by atoms with van der Waals surface area (Å²) < 4.78 is 5.50. The lowest BCUT2D eigenvalue weighted by Gasteiger charge is -2.34. The fourth-order valence-electron chi connectivity index (χ4n) is 3.94. The van der Waals surface area contributed by atoms with Gasteiger partial charge in [0.1, 0.15) is 6.04 Å². The molecule has 0 aliphatic carbocycles. The van der Waals surface area contributed by atoms with Crippen LogP contribution in [0.5, 0.6) is 0 Å². The minimum Gasteiger partial charge on any atom is -0.378 e. The molecule has 0 N–H and O–H groups in total. The number of nitrogens with zero attached hydrogens (tertiary/aromatic N) is 4. The minimum atomic E-state index is -0.211. The molecule has 1 atom stereocenters. The molecule has 0 spiro atoms. The number of benzene rings is 1. The summed E-state index contributed by atoms with van der Waals surface area (Å²) in [4.78, 5) is 21.1. The predicted octanol–water partition coefficient (Wildman–Crippen LogP) is 1.21. The van der Waals surface area contributed by atoms with Gasteiger partial charge < -0.3 is 9.64 Å². The Kier molecular flexibility index (Phi) is 8.29. The highest BCUT2D eigenvalue weighted by Crippen LogP contribution is 2.13. The lowest BCUT2D eigenvalue weighted by atomic mass is 10.1. The first kappa shape index (κ1) is 22.8. The fraction of sp³-hybridized carbons (Fsp3) is 0.625. The number of likely N-dealkylation sites (N-methyl/N-ethyl adjacent to an activating group) is 1. The highest BCUT2D eigenvalue weighted by atomic mass is 16.5. The molecule has 1 amide bonds. The lowest BCUT2D eigenvalue weighted by molar-refractivity contribution is -0.140. The zero-order valence-corrected chi connectivity index (χ0v) is 19.0. The average molecular weight is 413 g/mol. The number of hydrogen-bond donors (Lipinski definition) is 0. The Morgan fingerprint density at radius 1 is 1.03 bits per heavy atom. The molecule has 0 radical (unpaired) electrons. The summed E-state index contributed by atoms with van der Waals surface area (Å²) in [6, 6.07) is 6.58. The van der Waals surface area contributed by atoms with Gasteiger partial charge >= 0.3 is 0 Å². The highest BCUT2D eigenvalue weighted by molar-refractivity contribution is 5.81. The summed E-state index contributed by atoms with van der Waals surface area (Å²) in [6.45, 7) is 13.0. The van der Waals surface area contributed by atoms with E-state index in [-0.39, 0.29) is 11.9 Å². The maximum absolute atomic E-state index is 12.3. The summed E-state index contributed by atoms with van der Waals surface area (Å²) >= 11 is 0. The molecule has 1 aromatic carbocycles. The molecular formula is C24H36N4O2.